The molecule has 1 atom stereocenters. The molecule has 0 saturated carbocycles. The number of carbonyl (C=O) groups is 1. The van der Waals surface area contributed by atoms with E-state index in [1.54, 1.807) is 11.0 Å². The van der Waals surface area contributed by atoms with E-state index in [9.17, 15) is 4.79 Å². The Labute approximate surface area is 115 Å². The van der Waals surface area contributed by atoms with Crippen LogP contribution in [0.15, 0.2) is 24.4 Å². The van der Waals surface area contributed by atoms with E-state index in [0.29, 0.717) is 10.0 Å². The summed E-state index contributed by atoms with van der Waals surface area (Å²) in [4.78, 5) is 13.8. The van der Waals surface area contributed by atoms with E-state index in [0.717, 1.165) is 23.9 Å². The van der Waals surface area contributed by atoms with Gasteiger partial charge in [-0.05, 0) is 24.6 Å². The van der Waals surface area contributed by atoms with Gasteiger partial charge in [-0.2, -0.15) is 0 Å². The summed E-state index contributed by atoms with van der Waals surface area (Å²) < 4.78 is 1.97. The Bertz CT molecular complexity index is 635. The van der Waals surface area contributed by atoms with Crippen LogP contribution >= 0.6 is 23.2 Å². The zero-order valence-corrected chi connectivity index (χ0v) is 11.4. The second-order valence-corrected chi connectivity index (χ2v) is 5.45. The molecule has 5 heteroatoms. The molecule has 0 radical (unpaired) electrons. The van der Waals surface area contributed by atoms with Crippen LogP contribution in [0.5, 0.6) is 0 Å². The molecular weight excluding hydrogens is 271 g/mol. The van der Waals surface area contributed by atoms with Crippen molar-refractivity contribution in [3.63, 3.8) is 0 Å². The monoisotopic (exact) mass is 282 g/mol. The molecule has 1 unspecified atom stereocenters. The molecule has 94 valence electrons. The van der Waals surface area contributed by atoms with Crippen molar-refractivity contribution >= 4 is 40.0 Å². The molecule has 2 aromatic rings. The Balaban J connectivity index is 2.16. The van der Waals surface area contributed by atoms with E-state index < -0.39 is 0 Å². The quantitative estimate of drug-likeness (QED) is 0.788. The van der Waals surface area contributed by atoms with E-state index in [2.05, 4.69) is 0 Å². The number of rotatable bonds is 1. The molecule has 0 bridgehead atoms. The van der Waals surface area contributed by atoms with Gasteiger partial charge in [-0.25, -0.2) is 0 Å². The van der Waals surface area contributed by atoms with Crippen LogP contribution in [0.4, 0.5) is 0 Å². The average molecular weight is 283 g/mol. The van der Waals surface area contributed by atoms with Crippen LogP contribution < -0.4 is 0 Å². The van der Waals surface area contributed by atoms with Crippen molar-refractivity contribution in [2.24, 2.45) is 0 Å². The fraction of sp³-hybridized carbons (Fsp3) is 0.308. The van der Waals surface area contributed by atoms with Gasteiger partial charge in [0.05, 0.1) is 10.5 Å². The first-order chi connectivity index (χ1) is 8.58. The van der Waals surface area contributed by atoms with E-state index >= 15 is 0 Å². The van der Waals surface area contributed by atoms with E-state index in [1.807, 2.05) is 29.9 Å². The molecule has 2 heterocycles. The van der Waals surface area contributed by atoms with Gasteiger partial charge < -0.3 is 9.47 Å². The average Bonchev–Trinajstić information content (AvgIpc) is 2.85. The van der Waals surface area contributed by atoms with Gasteiger partial charge in [0.15, 0.2) is 0 Å². The molecule has 1 aromatic carbocycles. The molecule has 0 N–H and O–H groups in total. The van der Waals surface area contributed by atoms with Crippen LogP contribution in [-0.2, 0) is 4.79 Å². The lowest BCUT2D eigenvalue weighted by Crippen LogP contribution is -2.24. The van der Waals surface area contributed by atoms with Crippen LogP contribution in [-0.4, -0.2) is 29.0 Å². The first-order valence-corrected chi connectivity index (χ1v) is 6.54. The predicted molar refractivity (Wildman–Crippen MR) is 73.2 cm³/mol. The Morgan fingerprint density at radius 3 is 2.78 bits per heavy atom. The van der Waals surface area contributed by atoms with Gasteiger partial charge in [0.2, 0.25) is 5.91 Å². The van der Waals surface area contributed by atoms with Crippen molar-refractivity contribution in [2.75, 3.05) is 13.6 Å². The number of fused-ring (bicyclic) bond motifs is 1. The highest BCUT2D eigenvalue weighted by Crippen LogP contribution is 2.33. The van der Waals surface area contributed by atoms with Crippen molar-refractivity contribution < 1.29 is 4.79 Å². The van der Waals surface area contributed by atoms with Gasteiger partial charge in [0.1, 0.15) is 6.04 Å². The summed E-state index contributed by atoms with van der Waals surface area (Å²) in [6.45, 7) is 0.789. The topological polar surface area (TPSA) is 25.2 Å². The third kappa shape index (κ3) is 1.70. The Kier molecular flexibility index (Phi) is 2.76. The molecule has 0 spiro atoms. The number of likely N-dealkylation sites (tertiary alicyclic amines) is 1. The van der Waals surface area contributed by atoms with E-state index in [1.165, 1.54) is 0 Å². The van der Waals surface area contributed by atoms with Gasteiger partial charge in [-0.15, -0.1) is 0 Å². The highest BCUT2D eigenvalue weighted by molar-refractivity contribution is 6.38. The van der Waals surface area contributed by atoms with E-state index in [4.69, 9.17) is 23.2 Å². The summed E-state index contributed by atoms with van der Waals surface area (Å²) in [6.07, 6.45) is 2.73. The number of nitrogens with zero attached hydrogens (tertiary/aromatic N) is 2. The lowest BCUT2D eigenvalue weighted by Gasteiger charge is -2.13. The van der Waals surface area contributed by atoms with Crippen LogP contribution in [0.2, 0.25) is 10.0 Å². The maximum Gasteiger partial charge on any atom is 0.245 e. The number of hydrogen-bond acceptors (Lipinski definition) is 1. The van der Waals surface area contributed by atoms with Crippen LogP contribution in [0.3, 0.4) is 0 Å². The summed E-state index contributed by atoms with van der Waals surface area (Å²) in [6, 6.07) is 5.37. The standard InChI is InChI=1S/C13H12Cl2N2O/c1-16-4-3-11(13(16)18)17-5-2-9-10(15)6-8(14)7-12(9)17/h2,5-7,11H,3-4H2,1H3. The molecule has 18 heavy (non-hydrogen) atoms. The normalized spacial score (nSPS) is 20.1. The minimum atomic E-state index is -0.137. The molecule has 1 aromatic heterocycles. The third-order valence-electron chi connectivity index (χ3n) is 3.49. The van der Waals surface area contributed by atoms with Crippen molar-refractivity contribution in [3.8, 4) is 0 Å². The van der Waals surface area contributed by atoms with Crippen LogP contribution in [0, 0.1) is 0 Å². The summed E-state index contributed by atoms with van der Waals surface area (Å²) >= 11 is 12.2. The largest absolute Gasteiger partial charge is 0.344 e. The minimum absolute atomic E-state index is 0.137. The Morgan fingerprint density at radius 2 is 2.11 bits per heavy atom. The molecule has 1 saturated heterocycles. The van der Waals surface area contributed by atoms with Gasteiger partial charge in [-0.3, -0.25) is 4.79 Å². The van der Waals surface area contributed by atoms with E-state index in [-0.39, 0.29) is 11.9 Å². The molecule has 3 rings (SSSR count). The Morgan fingerprint density at radius 1 is 1.33 bits per heavy atom. The maximum absolute atomic E-state index is 12.1. The number of benzene rings is 1. The lowest BCUT2D eigenvalue weighted by molar-refractivity contribution is -0.129. The fourth-order valence-corrected chi connectivity index (χ4v) is 3.06. The lowest BCUT2D eigenvalue weighted by atomic mass is 10.2. The molecule has 1 amide bonds. The van der Waals surface area contributed by atoms with Crippen molar-refractivity contribution in [1.82, 2.24) is 9.47 Å². The third-order valence-corrected chi connectivity index (χ3v) is 4.02. The second-order valence-electron chi connectivity index (χ2n) is 4.61. The highest BCUT2D eigenvalue weighted by atomic mass is 35.5. The van der Waals surface area contributed by atoms with Crippen molar-refractivity contribution in [3.05, 3.63) is 34.4 Å². The number of likely N-dealkylation sites (N-methyl/N-ethyl adjacent to an activating group) is 1. The molecule has 3 nitrogen and oxygen atoms in total. The first kappa shape index (κ1) is 11.9. The molecule has 1 aliphatic rings. The number of halogens is 2. The zero-order valence-electron chi connectivity index (χ0n) is 9.86. The highest BCUT2D eigenvalue weighted by Gasteiger charge is 2.31. The molecular formula is C13H12Cl2N2O. The Hall–Kier alpha value is -1.19. The maximum atomic E-state index is 12.1. The summed E-state index contributed by atoms with van der Waals surface area (Å²) in [5.41, 5.74) is 0.918. The predicted octanol–water partition coefficient (Wildman–Crippen LogP) is 3.35. The smallest absolute Gasteiger partial charge is 0.245 e. The number of hydrogen-bond donors (Lipinski definition) is 0. The molecule has 0 aliphatic carbocycles. The van der Waals surface area contributed by atoms with Gasteiger partial charge in [-0.1, -0.05) is 23.2 Å². The minimum Gasteiger partial charge on any atom is -0.344 e. The fourth-order valence-electron chi connectivity index (χ4n) is 2.52. The van der Waals surface area contributed by atoms with Gasteiger partial charge in [0.25, 0.3) is 0 Å². The van der Waals surface area contributed by atoms with Crippen molar-refractivity contribution in [2.45, 2.75) is 12.5 Å². The summed E-state index contributed by atoms with van der Waals surface area (Å²) in [5.74, 6) is 0.142. The summed E-state index contributed by atoms with van der Waals surface area (Å²) in [7, 11) is 1.83. The SMILES string of the molecule is CN1CCC(n2ccc3c(Cl)cc(Cl)cc32)C1=O. The number of aromatic nitrogens is 1. The summed E-state index contributed by atoms with van der Waals surface area (Å²) in [5, 5.41) is 2.14. The first-order valence-electron chi connectivity index (χ1n) is 5.78. The van der Waals surface area contributed by atoms with Crippen LogP contribution in [0.25, 0.3) is 10.9 Å². The van der Waals surface area contributed by atoms with Crippen LogP contribution in [0.1, 0.15) is 12.5 Å². The zero-order chi connectivity index (χ0) is 12.9. The number of amides is 1. The van der Waals surface area contributed by atoms with Gasteiger partial charge >= 0.3 is 0 Å². The second kappa shape index (κ2) is 4.18. The number of carbonyl (C=O) groups excluding carboxylic acids is 1. The van der Waals surface area contributed by atoms with Crippen molar-refractivity contribution in [1.29, 1.82) is 0 Å². The van der Waals surface area contributed by atoms with Gasteiger partial charge in [0, 0.05) is 30.2 Å². The molecule has 1 aliphatic heterocycles. The molecule has 1 fully saturated rings.